The second-order valence-electron chi connectivity index (χ2n) is 5.81. The summed E-state index contributed by atoms with van der Waals surface area (Å²) in [6, 6.07) is 0. The molecule has 1 heteroatoms. The van der Waals surface area contributed by atoms with Crippen LogP contribution in [0.1, 0.15) is 58.8 Å². The second-order valence-corrected chi connectivity index (χ2v) is 5.81. The number of aliphatic hydroxyl groups is 1. The van der Waals surface area contributed by atoms with Crippen molar-refractivity contribution in [2.45, 2.75) is 64.4 Å². The lowest BCUT2D eigenvalue weighted by Gasteiger charge is -2.50. The van der Waals surface area contributed by atoms with Gasteiger partial charge in [-0.05, 0) is 50.4 Å². The number of fused-ring (bicyclic) bond motifs is 1. The van der Waals surface area contributed by atoms with Crippen LogP contribution >= 0.6 is 0 Å². The van der Waals surface area contributed by atoms with Gasteiger partial charge in [0.25, 0.3) is 0 Å². The minimum absolute atomic E-state index is 0.372. The van der Waals surface area contributed by atoms with Crippen molar-refractivity contribution >= 4 is 0 Å². The fraction of sp³-hybridized carbons (Fsp3) is 1.00. The third-order valence-electron chi connectivity index (χ3n) is 4.35. The average molecular weight is 182 g/mol. The molecule has 0 radical (unpaired) electrons. The quantitative estimate of drug-likeness (QED) is 0.610. The molecule has 2 fully saturated rings. The van der Waals surface area contributed by atoms with Crippen molar-refractivity contribution in [3.63, 3.8) is 0 Å². The molecule has 0 aromatic rings. The zero-order valence-electron chi connectivity index (χ0n) is 8.97. The maximum absolute atomic E-state index is 10.1. The van der Waals surface area contributed by atoms with E-state index in [4.69, 9.17) is 0 Å². The van der Waals surface area contributed by atoms with E-state index in [1.54, 1.807) is 0 Å². The summed E-state index contributed by atoms with van der Waals surface area (Å²) >= 11 is 0. The lowest BCUT2D eigenvalue weighted by Crippen LogP contribution is -2.44. The minimum atomic E-state index is -0.372. The van der Waals surface area contributed by atoms with Crippen LogP contribution in [0.2, 0.25) is 0 Å². The highest BCUT2D eigenvalue weighted by atomic mass is 16.3. The highest BCUT2D eigenvalue weighted by molar-refractivity contribution is 4.96. The van der Waals surface area contributed by atoms with Crippen LogP contribution in [0.3, 0.4) is 0 Å². The molecule has 2 rings (SSSR count). The Bertz CT molecular complexity index is 197. The Morgan fingerprint density at radius 3 is 2.62 bits per heavy atom. The van der Waals surface area contributed by atoms with Crippen LogP contribution in [-0.4, -0.2) is 10.7 Å². The fourth-order valence-electron chi connectivity index (χ4n) is 3.64. The highest BCUT2D eigenvalue weighted by Crippen LogP contribution is 2.52. The van der Waals surface area contributed by atoms with Gasteiger partial charge in [0.15, 0.2) is 0 Å². The average Bonchev–Trinajstić information content (AvgIpc) is 2.00. The molecule has 76 valence electrons. The zero-order chi connectivity index (χ0) is 9.53. The van der Waals surface area contributed by atoms with Crippen molar-refractivity contribution in [2.24, 2.45) is 11.3 Å². The molecule has 0 amide bonds. The predicted octanol–water partition coefficient (Wildman–Crippen LogP) is 3.12. The Hall–Kier alpha value is -0.0400. The third-order valence-corrected chi connectivity index (χ3v) is 4.35. The van der Waals surface area contributed by atoms with Gasteiger partial charge in [-0.2, -0.15) is 0 Å². The number of hydrogen-bond acceptors (Lipinski definition) is 1. The van der Waals surface area contributed by atoms with Crippen molar-refractivity contribution in [3.8, 4) is 0 Å². The molecule has 2 unspecified atom stereocenters. The molecule has 0 heterocycles. The fourth-order valence-corrected chi connectivity index (χ4v) is 3.64. The van der Waals surface area contributed by atoms with E-state index in [0.29, 0.717) is 5.41 Å². The summed E-state index contributed by atoms with van der Waals surface area (Å²) < 4.78 is 0. The molecule has 2 aliphatic carbocycles. The maximum atomic E-state index is 10.1. The summed E-state index contributed by atoms with van der Waals surface area (Å²) in [7, 11) is 0. The van der Waals surface area contributed by atoms with Gasteiger partial charge in [0.05, 0.1) is 5.60 Å². The molecule has 0 aromatic heterocycles. The first-order valence-electron chi connectivity index (χ1n) is 5.74. The van der Waals surface area contributed by atoms with E-state index in [1.807, 2.05) is 6.92 Å². The smallest absolute Gasteiger partial charge is 0.0625 e. The Balaban J connectivity index is 2.12. The van der Waals surface area contributed by atoms with E-state index in [2.05, 4.69) is 6.92 Å². The van der Waals surface area contributed by atoms with Gasteiger partial charge in [0.2, 0.25) is 0 Å². The molecule has 1 N–H and O–H groups in total. The van der Waals surface area contributed by atoms with Crippen LogP contribution in [0, 0.1) is 11.3 Å². The second kappa shape index (κ2) is 2.98. The molecular formula is C12H22O. The molecule has 0 aromatic carbocycles. The van der Waals surface area contributed by atoms with E-state index < -0.39 is 0 Å². The van der Waals surface area contributed by atoms with Crippen molar-refractivity contribution in [3.05, 3.63) is 0 Å². The summed E-state index contributed by atoms with van der Waals surface area (Å²) in [5.74, 6) is 0.904. The van der Waals surface area contributed by atoms with Gasteiger partial charge < -0.3 is 5.11 Å². The minimum Gasteiger partial charge on any atom is -0.390 e. The molecule has 13 heavy (non-hydrogen) atoms. The summed E-state index contributed by atoms with van der Waals surface area (Å²) in [6.45, 7) is 4.41. The molecule has 3 atom stereocenters. The van der Waals surface area contributed by atoms with E-state index in [1.165, 1.54) is 32.1 Å². The third kappa shape index (κ3) is 1.76. The van der Waals surface area contributed by atoms with Crippen molar-refractivity contribution in [1.82, 2.24) is 0 Å². The molecule has 2 saturated carbocycles. The first-order chi connectivity index (χ1) is 6.02. The molecule has 0 bridgehead atoms. The Kier molecular flexibility index (Phi) is 2.18. The van der Waals surface area contributed by atoms with E-state index in [-0.39, 0.29) is 5.60 Å². The van der Waals surface area contributed by atoms with Crippen molar-refractivity contribution in [1.29, 1.82) is 0 Å². The van der Waals surface area contributed by atoms with Gasteiger partial charge in [0, 0.05) is 0 Å². The van der Waals surface area contributed by atoms with Gasteiger partial charge in [-0.25, -0.2) is 0 Å². The van der Waals surface area contributed by atoms with Crippen molar-refractivity contribution in [2.75, 3.05) is 0 Å². The molecule has 2 aliphatic rings. The first-order valence-corrected chi connectivity index (χ1v) is 5.74. The van der Waals surface area contributed by atoms with Crippen LogP contribution in [0.15, 0.2) is 0 Å². The summed E-state index contributed by atoms with van der Waals surface area (Å²) in [4.78, 5) is 0. The van der Waals surface area contributed by atoms with E-state index >= 15 is 0 Å². The zero-order valence-corrected chi connectivity index (χ0v) is 8.97. The van der Waals surface area contributed by atoms with Crippen LogP contribution in [0.4, 0.5) is 0 Å². The number of hydrogen-bond donors (Lipinski definition) is 1. The molecule has 0 aliphatic heterocycles. The van der Waals surface area contributed by atoms with E-state index in [9.17, 15) is 5.11 Å². The monoisotopic (exact) mass is 182 g/mol. The standard InChI is InChI=1S/C12H22O/c1-11-7-4-3-5-10(11)6-8-12(2,13)9-11/h10,13H,3-9H2,1-2H3/t10-,11?,12?/m0/s1. The van der Waals surface area contributed by atoms with Crippen molar-refractivity contribution < 1.29 is 5.11 Å². The lowest BCUT2D eigenvalue weighted by molar-refractivity contribution is -0.0741. The maximum Gasteiger partial charge on any atom is 0.0625 e. The largest absolute Gasteiger partial charge is 0.390 e. The molecule has 0 saturated heterocycles. The first kappa shape index (κ1) is 9.51. The summed E-state index contributed by atoms with van der Waals surface area (Å²) in [5.41, 5.74) is 0.0859. The summed E-state index contributed by atoms with van der Waals surface area (Å²) in [5, 5.41) is 10.1. The molecular weight excluding hydrogens is 160 g/mol. The van der Waals surface area contributed by atoms with Gasteiger partial charge in [-0.3, -0.25) is 0 Å². The van der Waals surface area contributed by atoms with Crippen LogP contribution in [0.25, 0.3) is 0 Å². The van der Waals surface area contributed by atoms with Crippen LogP contribution in [0.5, 0.6) is 0 Å². The normalized spacial score (nSPS) is 51.5. The predicted molar refractivity (Wildman–Crippen MR) is 54.5 cm³/mol. The molecule has 1 nitrogen and oxygen atoms in total. The number of rotatable bonds is 0. The SMILES string of the molecule is CC1(O)CC[C@@H]2CCCCC2(C)C1. The summed E-state index contributed by atoms with van der Waals surface area (Å²) in [6.07, 6.45) is 8.85. The Labute approximate surface area is 81.5 Å². The van der Waals surface area contributed by atoms with Crippen LogP contribution in [-0.2, 0) is 0 Å². The van der Waals surface area contributed by atoms with Gasteiger partial charge in [-0.1, -0.05) is 19.8 Å². The topological polar surface area (TPSA) is 20.2 Å². The Morgan fingerprint density at radius 1 is 1.08 bits per heavy atom. The van der Waals surface area contributed by atoms with E-state index in [0.717, 1.165) is 18.8 Å². The lowest BCUT2D eigenvalue weighted by atomic mass is 9.57. The van der Waals surface area contributed by atoms with Crippen LogP contribution < -0.4 is 0 Å². The van der Waals surface area contributed by atoms with Gasteiger partial charge >= 0.3 is 0 Å². The highest BCUT2D eigenvalue weighted by Gasteiger charge is 2.45. The Morgan fingerprint density at radius 2 is 1.85 bits per heavy atom. The molecule has 0 spiro atoms. The van der Waals surface area contributed by atoms with Gasteiger partial charge in [0.1, 0.15) is 0 Å². The van der Waals surface area contributed by atoms with Gasteiger partial charge in [-0.15, -0.1) is 0 Å².